The van der Waals surface area contributed by atoms with Crippen molar-refractivity contribution in [2.24, 2.45) is 0 Å². The summed E-state index contributed by atoms with van der Waals surface area (Å²) in [6.45, 7) is 0. The summed E-state index contributed by atoms with van der Waals surface area (Å²) in [5.41, 5.74) is 4.98. The number of aldehydes is 1. The summed E-state index contributed by atoms with van der Waals surface area (Å²) in [7, 11) is 6.93. The molecule has 2 aromatic carbocycles. The van der Waals surface area contributed by atoms with E-state index in [1.165, 1.54) is 7.11 Å². The summed E-state index contributed by atoms with van der Waals surface area (Å²) < 4.78 is 1.79. The van der Waals surface area contributed by atoms with Crippen molar-refractivity contribution in [2.45, 2.75) is 0 Å². The fourth-order valence-electron chi connectivity index (χ4n) is 3.06. The van der Waals surface area contributed by atoms with Crippen molar-refractivity contribution in [2.75, 3.05) is 33.2 Å². The van der Waals surface area contributed by atoms with Gasteiger partial charge in [0.1, 0.15) is 5.69 Å². The van der Waals surface area contributed by atoms with E-state index >= 15 is 0 Å². The molecule has 0 radical (unpaired) electrons. The normalized spacial score (nSPS) is 10.1. The molecule has 0 aliphatic carbocycles. The first-order chi connectivity index (χ1) is 16.4. The Morgan fingerprint density at radius 3 is 2.26 bits per heavy atom. The second kappa shape index (κ2) is 10.8. The number of hydroxylamine groups is 2. The summed E-state index contributed by atoms with van der Waals surface area (Å²) in [5, 5.41) is 9.66. The molecule has 34 heavy (non-hydrogen) atoms. The van der Waals surface area contributed by atoms with E-state index < -0.39 is 0 Å². The zero-order valence-electron chi connectivity index (χ0n) is 19.3. The first-order valence-corrected chi connectivity index (χ1v) is 10.3. The Morgan fingerprint density at radius 1 is 1.03 bits per heavy atom. The van der Waals surface area contributed by atoms with Gasteiger partial charge in [-0.1, -0.05) is 12.1 Å². The Morgan fingerprint density at radius 2 is 1.71 bits per heavy atom. The third-order valence-electron chi connectivity index (χ3n) is 5.04. The smallest absolute Gasteiger partial charge is 0.277 e. The minimum atomic E-state index is -0.232. The molecule has 9 heteroatoms. The number of nitrogens with zero attached hydrogens (tertiary/aromatic N) is 6. The maximum atomic E-state index is 12.0. The van der Waals surface area contributed by atoms with Crippen LogP contribution >= 0.6 is 0 Å². The van der Waals surface area contributed by atoms with Gasteiger partial charge >= 0.3 is 0 Å². The molecule has 0 unspecified atom stereocenters. The Labute approximate surface area is 197 Å². The molecule has 0 spiro atoms. The maximum absolute atomic E-state index is 12.0. The number of benzene rings is 2. The van der Waals surface area contributed by atoms with Gasteiger partial charge in [0.2, 0.25) is 0 Å². The summed E-state index contributed by atoms with van der Waals surface area (Å²) in [4.78, 5) is 38.0. The van der Waals surface area contributed by atoms with E-state index in [2.05, 4.69) is 16.0 Å². The van der Waals surface area contributed by atoms with E-state index in [0.717, 1.165) is 22.0 Å². The van der Waals surface area contributed by atoms with E-state index in [9.17, 15) is 9.59 Å². The van der Waals surface area contributed by atoms with Gasteiger partial charge in [-0.3, -0.25) is 18.8 Å². The number of nitriles is 1. The number of rotatable bonds is 5. The fourth-order valence-corrected chi connectivity index (χ4v) is 3.06. The second-order valence-electron chi connectivity index (χ2n) is 7.42. The highest BCUT2D eigenvalue weighted by molar-refractivity contribution is 5.93. The number of carbonyl (C=O) groups excluding carboxylic acids is 2. The Hall–Kier alpha value is -4.55. The number of hydrogen-bond acceptors (Lipinski definition) is 7. The molecule has 4 rings (SSSR count). The summed E-state index contributed by atoms with van der Waals surface area (Å²) in [6.07, 6.45) is 5.55. The van der Waals surface area contributed by atoms with E-state index in [4.69, 9.17) is 10.1 Å². The van der Waals surface area contributed by atoms with E-state index in [-0.39, 0.29) is 5.91 Å². The van der Waals surface area contributed by atoms with Crippen LogP contribution in [0.25, 0.3) is 16.9 Å². The zero-order valence-corrected chi connectivity index (χ0v) is 19.3. The highest BCUT2D eigenvalue weighted by Gasteiger charge is 2.12. The quantitative estimate of drug-likeness (QED) is 0.335. The van der Waals surface area contributed by atoms with Crippen molar-refractivity contribution in [3.8, 4) is 17.3 Å². The average Bonchev–Trinajstić information content (AvgIpc) is 3.31. The van der Waals surface area contributed by atoms with Crippen molar-refractivity contribution in [1.29, 1.82) is 5.26 Å². The molecular weight excluding hydrogens is 432 g/mol. The lowest BCUT2D eigenvalue weighted by atomic mass is 10.1. The number of anilines is 1. The summed E-state index contributed by atoms with van der Waals surface area (Å²) in [6, 6.07) is 16.6. The second-order valence-corrected chi connectivity index (χ2v) is 7.42. The SMILES string of the molecule is CN(C)c1ccc(C#N)cc1.CON(C)C(=O)c1ccc(-c2cnc3cnc(C=O)cn23)cc1. The van der Waals surface area contributed by atoms with Crippen LogP contribution in [0.5, 0.6) is 0 Å². The van der Waals surface area contributed by atoms with Crippen LogP contribution in [0.2, 0.25) is 0 Å². The van der Waals surface area contributed by atoms with Crippen LogP contribution in [-0.4, -0.2) is 59.9 Å². The highest BCUT2D eigenvalue weighted by Crippen LogP contribution is 2.21. The monoisotopic (exact) mass is 456 g/mol. The molecule has 0 bridgehead atoms. The van der Waals surface area contributed by atoms with Crippen molar-refractivity contribution < 1.29 is 14.4 Å². The first kappa shape index (κ1) is 24.1. The lowest BCUT2D eigenvalue weighted by Gasteiger charge is -2.13. The molecule has 172 valence electrons. The summed E-state index contributed by atoms with van der Waals surface area (Å²) in [5.74, 6) is -0.232. The van der Waals surface area contributed by atoms with Crippen LogP contribution in [0.15, 0.2) is 67.1 Å². The molecule has 2 aromatic heterocycles. The lowest BCUT2D eigenvalue weighted by Crippen LogP contribution is -2.25. The van der Waals surface area contributed by atoms with Gasteiger partial charge in [0.15, 0.2) is 11.9 Å². The van der Waals surface area contributed by atoms with Gasteiger partial charge in [-0.05, 0) is 36.4 Å². The van der Waals surface area contributed by atoms with Crippen LogP contribution in [0.3, 0.4) is 0 Å². The molecule has 9 nitrogen and oxygen atoms in total. The number of imidazole rings is 1. The van der Waals surface area contributed by atoms with Crippen molar-refractivity contribution in [3.63, 3.8) is 0 Å². The minimum absolute atomic E-state index is 0.232. The number of amides is 1. The molecule has 0 fully saturated rings. The molecule has 1 amide bonds. The van der Waals surface area contributed by atoms with Crippen LogP contribution in [0.4, 0.5) is 5.69 Å². The molecule has 4 aromatic rings. The summed E-state index contributed by atoms with van der Waals surface area (Å²) >= 11 is 0. The number of carbonyl (C=O) groups is 2. The van der Waals surface area contributed by atoms with Crippen molar-refractivity contribution in [3.05, 3.63) is 83.9 Å². The average molecular weight is 457 g/mol. The number of fused-ring (bicyclic) bond motifs is 1. The van der Waals surface area contributed by atoms with Crippen molar-refractivity contribution >= 4 is 23.5 Å². The third kappa shape index (κ3) is 5.43. The van der Waals surface area contributed by atoms with E-state index in [1.807, 2.05) is 55.4 Å². The standard InChI is InChI=1S/C16H14N4O3.C9H10N2/c1-19(23-2)16(22)12-5-3-11(4-6-12)14-7-18-15-8-17-13(10-21)9-20(14)15;1-11(2)9-5-3-8(7-10)4-6-9/h3-10H,1-2H3;3-6H,1-2H3. The Balaban J connectivity index is 0.000000248. The van der Waals surface area contributed by atoms with Crippen LogP contribution < -0.4 is 4.90 Å². The molecule has 0 aliphatic rings. The molecule has 0 atom stereocenters. The predicted molar refractivity (Wildman–Crippen MR) is 128 cm³/mol. The fraction of sp³-hybridized carbons (Fsp3) is 0.160. The molecular formula is C25H24N6O3. The maximum Gasteiger partial charge on any atom is 0.277 e. The van der Waals surface area contributed by atoms with E-state index in [0.29, 0.717) is 28.8 Å². The van der Waals surface area contributed by atoms with Gasteiger partial charge in [0.05, 0.1) is 36.8 Å². The highest BCUT2D eigenvalue weighted by atomic mass is 16.7. The van der Waals surface area contributed by atoms with E-state index in [1.54, 1.807) is 42.2 Å². The van der Waals surface area contributed by atoms with Gasteiger partial charge in [-0.25, -0.2) is 15.0 Å². The van der Waals surface area contributed by atoms with Crippen LogP contribution in [-0.2, 0) is 4.84 Å². The zero-order chi connectivity index (χ0) is 24.7. The molecule has 0 saturated carbocycles. The van der Waals surface area contributed by atoms with Gasteiger partial charge in [0.25, 0.3) is 5.91 Å². The van der Waals surface area contributed by atoms with Gasteiger partial charge in [-0.15, -0.1) is 0 Å². The molecule has 0 N–H and O–H groups in total. The van der Waals surface area contributed by atoms with Gasteiger partial charge in [-0.2, -0.15) is 5.26 Å². The van der Waals surface area contributed by atoms with Gasteiger partial charge < -0.3 is 4.90 Å². The Kier molecular flexibility index (Phi) is 7.69. The molecule has 0 saturated heterocycles. The number of aromatic nitrogens is 3. The topological polar surface area (TPSA) is 104 Å². The van der Waals surface area contributed by atoms with Crippen LogP contribution in [0.1, 0.15) is 26.4 Å². The predicted octanol–water partition coefficient (Wildman–Crippen LogP) is 3.47. The van der Waals surface area contributed by atoms with Gasteiger partial charge in [0, 0.05) is 44.2 Å². The first-order valence-electron chi connectivity index (χ1n) is 10.3. The largest absolute Gasteiger partial charge is 0.378 e. The lowest BCUT2D eigenvalue weighted by molar-refractivity contribution is -0.0756. The van der Waals surface area contributed by atoms with Crippen molar-refractivity contribution in [1.82, 2.24) is 19.4 Å². The molecule has 2 heterocycles. The Bertz CT molecular complexity index is 1320. The third-order valence-corrected chi connectivity index (χ3v) is 5.04. The molecule has 0 aliphatic heterocycles. The van der Waals surface area contributed by atoms with Crippen LogP contribution in [0, 0.1) is 11.3 Å². The minimum Gasteiger partial charge on any atom is -0.378 e. The number of hydrogen-bond donors (Lipinski definition) is 0.